The molecule has 23 heavy (non-hydrogen) atoms. The number of nitrogens with zero attached hydrogens (tertiary/aromatic N) is 1. The van der Waals surface area contributed by atoms with Gasteiger partial charge in [-0.15, -0.1) is 0 Å². The van der Waals surface area contributed by atoms with E-state index in [1.54, 1.807) is 0 Å². The van der Waals surface area contributed by atoms with Gasteiger partial charge in [0.2, 0.25) is 5.79 Å². The van der Waals surface area contributed by atoms with Crippen molar-refractivity contribution in [2.45, 2.75) is 63.3 Å². The zero-order valence-corrected chi connectivity index (χ0v) is 13.9. The Hall–Kier alpha value is -0.930. The molecular weight excluding hydrogens is 304 g/mol. The van der Waals surface area contributed by atoms with E-state index in [1.165, 1.54) is 0 Å². The highest BCUT2D eigenvalue weighted by Crippen LogP contribution is 2.42. The summed E-state index contributed by atoms with van der Waals surface area (Å²) >= 11 is 0. The average molecular weight is 332 g/mol. The van der Waals surface area contributed by atoms with Gasteiger partial charge in [-0.1, -0.05) is 0 Å². The fourth-order valence-electron chi connectivity index (χ4n) is 3.46. The molecule has 2 atom stereocenters. The van der Waals surface area contributed by atoms with E-state index in [4.69, 9.17) is 35.0 Å². The van der Waals surface area contributed by atoms with E-state index in [0.29, 0.717) is 6.04 Å². The number of rotatable bonds is 2. The summed E-state index contributed by atoms with van der Waals surface area (Å²) < 4.78 is 18.2. The largest absolute Gasteiger partial charge is 0.503 e. The van der Waals surface area contributed by atoms with Gasteiger partial charge in [0.05, 0.1) is 13.2 Å². The van der Waals surface area contributed by atoms with Crippen molar-refractivity contribution >= 4 is 6.16 Å². The Morgan fingerprint density at radius 3 is 2.48 bits per heavy atom. The molecule has 3 rings (SSSR count). The van der Waals surface area contributed by atoms with Crippen LogP contribution in [0.4, 0.5) is 4.79 Å². The molecule has 134 valence electrons. The Bertz CT molecular complexity index is 407. The summed E-state index contributed by atoms with van der Waals surface area (Å²) in [4.78, 5) is 11.0. The van der Waals surface area contributed by atoms with Gasteiger partial charge in [0.1, 0.15) is 6.10 Å². The summed E-state index contributed by atoms with van der Waals surface area (Å²) in [6.07, 6.45) is 2.43. The topological polar surface area (TPSA) is 114 Å². The maximum absolute atomic E-state index is 8.56. The predicted molar refractivity (Wildman–Crippen MR) is 82.3 cm³/mol. The fraction of sp³-hybridized carbons (Fsp3) is 0.933. The maximum atomic E-state index is 8.56. The molecular formula is C15H28N2O6. The first-order valence-corrected chi connectivity index (χ1v) is 8.14. The van der Waals surface area contributed by atoms with Crippen molar-refractivity contribution in [3.8, 4) is 0 Å². The minimum absolute atomic E-state index is 0.0619. The van der Waals surface area contributed by atoms with Crippen LogP contribution in [-0.2, 0) is 14.2 Å². The van der Waals surface area contributed by atoms with E-state index in [9.17, 15) is 0 Å². The molecule has 3 aliphatic heterocycles. The van der Waals surface area contributed by atoms with Crippen molar-refractivity contribution in [2.75, 3.05) is 26.2 Å². The van der Waals surface area contributed by atoms with Crippen LogP contribution in [0.5, 0.6) is 0 Å². The second kappa shape index (κ2) is 7.31. The third-order valence-electron chi connectivity index (χ3n) is 4.37. The highest BCUT2D eigenvalue weighted by atomic mass is 16.8. The number of carboxylic acid groups (broad SMARTS) is 2. The minimum Gasteiger partial charge on any atom is -0.450 e. The van der Waals surface area contributed by atoms with Gasteiger partial charge < -0.3 is 30.2 Å². The van der Waals surface area contributed by atoms with Crippen LogP contribution < -0.4 is 5.73 Å². The molecule has 3 aliphatic rings. The molecule has 8 nitrogen and oxygen atoms in total. The van der Waals surface area contributed by atoms with Crippen molar-refractivity contribution < 1.29 is 29.2 Å². The molecule has 3 saturated heterocycles. The average Bonchev–Trinajstić information content (AvgIpc) is 2.70. The second-order valence-corrected chi connectivity index (χ2v) is 6.81. The molecule has 0 spiro atoms. The molecule has 3 fully saturated rings. The lowest BCUT2D eigenvalue weighted by Crippen LogP contribution is -2.56. The van der Waals surface area contributed by atoms with Gasteiger partial charge in [-0.3, -0.25) is 4.90 Å². The molecule has 0 bridgehead atoms. The summed E-state index contributed by atoms with van der Waals surface area (Å²) in [6, 6.07) is 0.356. The number of likely N-dealkylation sites (tertiary alicyclic amines) is 1. The Balaban J connectivity index is 0.000000433. The van der Waals surface area contributed by atoms with Crippen LogP contribution in [0, 0.1) is 0 Å². The van der Waals surface area contributed by atoms with Crippen LogP contribution in [0.15, 0.2) is 0 Å². The monoisotopic (exact) mass is 332 g/mol. The van der Waals surface area contributed by atoms with Crippen molar-refractivity contribution in [1.82, 2.24) is 4.90 Å². The molecule has 3 heterocycles. The SMILES string of the molecule is CC1(C)O[C@H]2CCCO[C@@]2(CN2CCC(N)CC2)O1.O=C(O)O. The Morgan fingerprint density at radius 1 is 1.26 bits per heavy atom. The molecule has 0 aliphatic carbocycles. The number of carbonyl (C=O) groups is 1. The molecule has 0 saturated carbocycles. The zero-order chi connectivity index (χ0) is 17.1. The number of hydrogen-bond acceptors (Lipinski definition) is 6. The summed E-state index contributed by atoms with van der Waals surface area (Å²) in [5.41, 5.74) is 5.96. The molecule has 0 amide bonds. The van der Waals surface area contributed by atoms with Crippen molar-refractivity contribution in [3.63, 3.8) is 0 Å². The molecule has 0 aromatic carbocycles. The normalized spacial score (nSPS) is 34.3. The Labute approximate surface area is 136 Å². The van der Waals surface area contributed by atoms with Crippen LogP contribution in [-0.4, -0.2) is 71.2 Å². The third kappa shape index (κ3) is 5.02. The van der Waals surface area contributed by atoms with E-state index in [-0.39, 0.29) is 6.10 Å². The maximum Gasteiger partial charge on any atom is 0.503 e. The summed E-state index contributed by atoms with van der Waals surface area (Å²) in [7, 11) is 0. The minimum atomic E-state index is -1.83. The van der Waals surface area contributed by atoms with Crippen LogP contribution >= 0.6 is 0 Å². The lowest BCUT2D eigenvalue weighted by Gasteiger charge is -2.41. The molecule has 0 aromatic rings. The van der Waals surface area contributed by atoms with Gasteiger partial charge in [-0.25, -0.2) is 4.79 Å². The lowest BCUT2D eigenvalue weighted by atomic mass is 9.99. The zero-order valence-electron chi connectivity index (χ0n) is 13.9. The number of ether oxygens (including phenoxy) is 3. The Morgan fingerprint density at radius 2 is 1.87 bits per heavy atom. The first-order valence-electron chi connectivity index (χ1n) is 8.14. The van der Waals surface area contributed by atoms with Gasteiger partial charge in [-0.05, 0) is 52.6 Å². The third-order valence-corrected chi connectivity index (χ3v) is 4.37. The van der Waals surface area contributed by atoms with Crippen molar-refractivity contribution in [2.24, 2.45) is 5.73 Å². The molecule has 4 N–H and O–H groups in total. The van der Waals surface area contributed by atoms with Gasteiger partial charge in [0, 0.05) is 6.04 Å². The summed E-state index contributed by atoms with van der Waals surface area (Å²) in [5.74, 6) is -1.11. The highest BCUT2D eigenvalue weighted by molar-refractivity contribution is 5.53. The number of nitrogens with two attached hydrogens (primary N) is 1. The molecule has 0 radical (unpaired) electrons. The van der Waals surface area contributed by atoms with Crippen LogP contribution in [0.3, 0.4) is 0 Å². The summed E-state index contributed by atoms with van der Waals surface area (Å²) in [6.45, 7) is 7.58. The predicted octanol–water partition coefficient (Wildman–Crippen LogP) is 1.29. The fourth-order valence-corrected chi connectivity index (χ4v) is 3.46. The van der Waals surface area contributed by atoms with E-state index in [1.807, 2.05) is 13.8 Å². The first-order chi connectivity index (χ1) is 10.7. The Kier molecular flexibility index (Phi) is 5.85. The van der Waals surface area contributed by atoms with E-state index in [2.05, 4.69) is 4.90 Å². The van der Waals surface area contributed by atoms with E-state index < -0.39 is 17.7 Å². The van der Waals surface area contributed by atoms with Crippen LogP contribution in [0.25, 0.3) is 0 Å². The number of fused-ring (bicyclic) bond motifs is 1. The number of hydrogen-bond donors (Lipinski definition) is 3. The molecule has 0 unspecified atom stereocenters. The lowest BCUT2D eigenvalue weighted by molar-refractivity contribution is -0.271. The van der Waals surface area contributed by atoms with Crippen LogP contribution in [0.2, 0.25) is 0 Å². The van der Waals surface area contributed by atoms with E-state index in [0.717, 1.165) is 51.9 Å². The first kappa shape index (κ1) is 18.4. The van der Waals surface area contributed by atoms with Crippen molar-refractivity contribution in [1.29, 1.82) is 0 Å². The standard InChI is InChI=1S/C14H26N2O3.CH2O3/c1-13(2)18-12-4-3-9-17-14(12,19-13)10-16-7-5-11(15)6-8-16;2-1(3)4/h11-12H,3-10,15H2,1-2H3;(H2,2,3,4)/t12-,14-;/m0./s1. The van der Waals surface area contributed by atoms with E-state index >= 15 is 0 Å². The molecule has 0 aromatic heterocycles. The summed E-state index contributed by atoms with van der Waals surface area (Å²) in [5, 5.41) is 13.9. The van der Waals surface area contributed by atoms with Gasteiger partial charge >= 0.3 is 6.16 Å². The van der Waals surface area contributed by atoms with Gasteiger partial charge in [0.15, 0.2) is 5.79 Å². The smallest absolute Gasteiger partial charge is 0.450 e. The number of piperidine rings is 1. The van der Waals surface area contributed by atoms with Crippen LogP contribution in [0.1, 0.15) is 39.5 Å². The second-order valence-electron chi connectivity index (χ2n) is 6.81. The quantitative estimate of drug-likeness (QED) is 0.693. The highest BCUT2D eigenvalue weighted by Gasteiger charge is 2.56. The van der Waals surface area contributed by atoms with Gasteiger partial charge in [0.25, 0.3) is 0 Å². The van der Waals surface area contributed by atoms with Gasteiger partial charge in [-0.2, -0.15) is 0 Å². The van der Waals surface area contributed by atoms with Crippen molar-refractivity contribution in [3.05, 3.63) is 0 Å². The molecule has 8 heteroatoms.